The molecule has 2 atom stereocenters. The minimum atomic E-state index is -4.56. The Hall–Kier alpha value is -3.54. The summed E-state index contributed by atoms with van der Waals surface area (Å²) in [4.78, 5) is 24.4. The summed E-state index contributed by atoms with van der Waals surface area (Å²) in [5.41, 5.74) is 1.83. The van der Waals surface area contributed by atoms with E-state index in [1.54, 1.807) is 11.4 Å². The predicted octanol–water partition coefficient (Wildman–Crippen LogP) is 4.25. The Morgan fingerprint density at radius 1 is 1.11 bits per heavy atom. The van der Waals surface area contributed by atoms with Crippen molar-refractivity contribution < 1.29 is 26.7 Å². The van der Waals surface area contributed by atoms with Crippen molar-refractivity contribution in [2.24, 2.45) is 10.9 Å². The molecule has 2 N–H and O–H groups in total. The first-order chi connectivity index (χ1) is 18.1. The first kappa shape index (κ1) is 26.1. The second-order valence-electron chi connectivity index (χ2n) is 9.75. The number of hydrogen-bond donors (Lipinski definition) is 2. The molecule has 1 aromatic heterocycles. The van der Waals surface area contributed by atoms with Crippen molar-refractivity contribution in [3.8, 4) is 0 Å². The molecular formula is C26H27F5N6O. The van der Waals surface area contributed by atoms with Crippen LogP contribution in [-0.4, -0.2) is 66.6 Å². The standard InChI is InChI=1S/C26H27F5N6O/c1-15-19-13-17(27)3-5-20(19)35-24(33-15)16-2-4-18(12-16)36-8-10-37(11-9-36)22-7-6-21(34-23(22)28)25(38)32-14-26(29,30)31/h3,5-7,13,16,18H,1-2,4,8-12,14H2,(H,32,38)(H,33,35)/t16-,18-/m1/s1. The summed E-state index contributed by atoms with van der Waals surface area (Å²) in [6, 6.07) is 7.45. The van der Waals surface area contributed by atoms with Crippen LogP contribution in [0.25, 0.3) is 5.70 Å². The Balaban J connectivity index is 1.16. The van der Waals surface area contributed by atoms with Crippen LogP contribution >= 0.6 is 0 Å². The van der Waals surface area contributed by atoms with E-state index in [-0.39, 0.29) is 17.4 Å². The Labute approximate surface area is 216 Å². The van der Waals surface area contributed by atoms with E-state index >= 15 is 0 Å². The number of aliphatic imine (C=N–C) groups is 1. The molecule has 1 amide bonds. The normalized spacial score (nSPS) is 22.1. The number of carbonyl (C=O) groups excluding carboxylic acids is 1. The Bertz CT molecular complexity index is 1270. The zero-order valence-corrected chi connectivity index (χ0v) is 20.5. The van der Waals surface area contributed by atoms with Crippen LogP contribution < -0.4 is 15.5 Å². The molecule has 2 fully saturated rings. The number of rotatable bonds is 5. The minimum absolute atomic E-state index is 0.218. The van der Waals surface area contributed by atoms with Crippen LogP contribution in [0.2, 0.25) is 0 Å². The smallest absolute Gasteiger partial charge is 0.365 e. The molecule has 1 saturated carbocycles. The molecule has 1 aromatic carbocycles. The molecule has 1 aliphatic carbocycles. The number of piperazine rings is 1. The van der Waals surface area contributed by atoms with Crippen molar-refractivity contribution in [1.29, 1.82) is 0 Å². The second kappa shape index (κ2) is 10.3. The lowest BCUT2D eigenvalue weighted by molar-refractivity contribution is -0.123. The van der Waals surface area contributed by atoms with Crippen molar-refractivity contribution in [1.82, 2.24) is 20.5 Å². The monoisotopic (exact) mass is 534 g/mol. The molecule has 0 bridgehead atoms. The highest BCUT2D eigenvalue weighted by molar-refractivity contribution is 5.99. The fourth-order valence-electron chi connectivity index (χ4n) is 5.35. The van der Waals surface area contributed by atoms with Gasteiger partial charge in [-0.1, -0.05) is 6.58 Å². The van der Waals surface area contributed by atoms with Crippen LogP contribution in [0, 0.1) is 17.7 Å². The summed E-state index contributed by atoms with van der Waals surface area (Å²) in [5.74, 6) is -1.22. The van der Waals surface area contributed by atoms with Gasteiger partial charge in [-0.15, -0.1) is 0 Å². The highest BCUT2D eigenvalue weighted by Gasteiger charge is 2.35. The fraction of sp³-hybridized carbons (Fsp3) is 0.423. The molecule has 7 nitrogen and oxygen atoms in total. The molecule has 1 saturated heterocycles. The van der Waals surface area contributed by atoms with Crippen LogP contribution in [0.4, 0.5) is 33.3 Å². The van der Waals surface area contributed by atoms with Gasteiger partial charge < -0.3 is 15.5 Å². The van der Waals surface area contributed by atoms with Crippen molar-refractivity contribution >= 4 is 28.8 Å². The van der Waals surface area contributed by atoms with Crippen LogP contribution in [-0.2, 0) is 0 Å². The third kappa shape index (κ3) is 5.64. The molecule has 3 aliphatic rings. The van der Waals surface area contributed by atoms with Crippen LogP contribution in [0.15, 0.2) is 41.9 Å². The molecule has 0 radical (unpaired) electrons. The van der Waals surface area contributed by atoms with E-state index in [4.69, 9.17) is 4.99 Å². The average Bonchev–Trinajstić information content (AvgIpc) is 3.38. The number of halogens is 5. The van der Waals surface area contributed by atoms with E-state index in [2.05, 4.69) is 21.8 Å². The SMILES string of the molecule is C=C1NC([C@@H]2CC[C@@H](N3CCN(c4ccc(C(=O)NCC(F)(F)F)nc4F)CC3)C2)=Nc2ccc(F)cc21. The fourth-order valence-corrected chi connectivity index (χ4v) is 5.35. The van der Waals surface area contributed by atoms with E-state index in [0.29, 0.717) is 49.2 Å². The number of nitrogens with zero attached hydrogens (tertiary/aromatic N) is 4. The summed E-state index contributed by atoms with van der Waals surface area (Å²) in [7, 11) is 0. The van der Waals surface area contributed by atoms with Crippen molar-refractivity contribution in [3.63, 3.8) is 0 Å². The van der Waals surface area contributed by atoms with Gasteiger partial charge in [-0.05, 0) is 49.6 Å². The zero-order valence-electron chi connectivity index (χ0n) is 20.5. The van der Waals surface area contributed by atoms with Gasteiger partial charge in [0.15, 0.2) is 0 Å². The molecule has 0 unspecified atom stereocenters. The number of fused-ring (bicyclic) bond motifs is 1. The summed E-state index contributed by atoms with van der Waals surface area (Å²) in [6.07, 6.45) is -1.70. The maximum atomic E-state index is 14.7. The van der Waals surface area contributed by atoms with E-state index < -0.39 is 30.3 Å². The van der Waals surface area contributed by atoms with E-state index in [9.17, 15) is 26.7 Å². The first-order valence-electron chi connectivity index (χ1n) is 12.4. The molecule has 2 aromatic rings. The van der Waals surface area contributed by atoms with E-state index in [0.717, 1.165) is 25.1 Å². The third-order valence-corrected chi connectivity index (χ3v) is 7.28. The zero-order chi connectivity index (χ0) is 27.0. The van der Waals surface area contributed by atoms with Gasteiger partial charge in [-0.25, -0.2) is 14.4 Å². The molecule has 2 aliphatic heterocycles. The number of carbonyl (C=O) groups is 1. The summed E-state index contributed by atoms with van der Waals surface area (Å²) < 4.78 is 65.2. The van der Waals surface area contributed by atoms with E-state index in [1.807, 2.05) is 4.90 Å². The minimum Gasteiger partial charge on any atom is -0.365 e. The number of amides is 1. The lowest BCUT2D eigenvalue weighted by Crippen LogP contribution is -2.50. The van der Waals surface area contributed by atoms with Gasteiger partial charge >= 0.3 is 6.18 Å². The largest absolute Gasteiger partial charge is 0.405 e. The van der Waals surface area contributed by atoms with E-state index in [1.165, 1.54) is 24.3 Å². The number of anilines is 1. The second-order valence-corrected chi connectivity index (χ2v) is 9.75. The number of hydrogen-bond acceptors (Lipinski definition) is 6. The van der Waals surface area contributed by atoms with Gasteiger partial charge in [0.25, 0.3) is 5.91 Å². The molecule has 5 rings (SSSR count). The molecule has 202 valence electrons. The van der Waals surface area contributed by atoms with Crippen molar-refractivity contribution in [2.45, 2.75) is 31.5 Å². The molecule has 3 heterocycles. The lowest BCUT2D eigenvalue weighted by atomic mass is 10.0. The van der Waals surface area contributed by atoms with Gasteiger partial charge in [0.1, 0.15) is 23.9 Å². The summed E-state index contributed by atoms with van der Waals surface area (Å²) >= 11 is 0. The summed E-state index contributed by atoms with van der Waals surface area (Å²) in [6.45, 7) is 5.04. The number of nitrogens with one attached hydrogen (secondary N) is 2. The number of aromatic nitrogens is 1. The van der Waals surface area contributed by atoms with Crippen LogP contribution in [0.5, 0.6) is 0 Å². The van der Waals surface area contributed by atoms with Crippen LogP contribution in [0.1, 0.15) is 35.3 Å². The Morgan fingerprint density at radius 2 is 1.87 bits per heavy atom. The molecule has 38 heavy (non-hydrogen) atoms. The maximum Gasteiger partial charge on any atom is 0.405 e. The van der Waals surface area contributed by atoms with Gasteiger partial charge in [-0.3, -0.25) is 9.69 Å². The van der Waals surface area contributed by atoms with Crippen LogP contribution in [0.3, 0.4) is 0 Å². The lowest BCUT2D eigenvalue weighted by Gasteiger charge is -2.39. The number of pyridine rings is 1. The highest BCUT2D eigenvalue weighted by Crippen LogP contribution is 2.36. The van der Waals surface area contributed by atoms with Gasteiger partial charge in [-0.2, -0.15) is 17.6 Å². The topological polar surface area (TPSA) is 72.9 Å². The summed E-state index contributed by atoms with van der Waals surface area (Å²) in [5, 5.41) is 4.95. The van der Waals surface area contributed by atoms with Gasteiger partial charge in [0, 0.05) is 49.4 Å². The quantitative estimate of drug-likeness (QED) is 0.444. The molecule has 0 spiro atoms. The first-order valence-corrected chi connectivity index (χ1v) is 12.4. The number of amidine groups is 1. The number of benzene rings is 1. The third-order valence-electron chi connectivity index (χ3n) is 7.28. The Kier molecular flexibility index (Phi) is 7.08. The number of alkyl halides is 3. The predicted molar refractivity (Wildman–Crippen MR) is 133 cm³/mol. The molecule has 12 heteroatoms. The van der Waals surface area contributed by atoms with Crippen molar-refractivity contribution in [3.05, 3.63) is 59.9 Å². The van der Waals surface area contributed by atoms with Gasteiger partial charge in [0.2, 0.25) is 5.95 Å². The average molecular weight is 535 g/mol. The van der Waals surface area contributed by atoms with Crippen molar-refractivity contribution in [2.75, 3.05) is 37.6 Å². The highest BCUT2D eigenvalue weighted by atomic mass is 19.4. The maximum absolute atomic E-state index is 14.7. The van der Waals surface area contributed by atoms with Gasteiger partial charge in [0.05, 0.1) is 11.4 Å². The molecular weight excluding hydrogens is 507 g/mol. The Morgan fingerprint density at radius 3 is 2.58 bits per heavy atom.